The number of carboxylic acid groups (broad SMARTS) is 1. The van der Waals surface area contributed by atoms with Crippen molar-refractivity contribution < 1.29 is 19.4 Å². The third kappa shape index (κ3) is 10.4. The lowest BCUT2D eigenvalue weighted by molar-refractivity contribution is -0.142. The molecule has 1 heterocycles. The highest BCUT2D eigenvalue weighted by Crippen LogP contribution is 2.23. The minimum atomic E-state index is -0.822. The Kier molecular flexibility index (Phi) is 10.0. The number of carboxylic acids is 1. The second-order valence-electron chi connectivity index (χ2n) is 8.98. The van der Waals surface area contributed by atoms with E-state index in [9.17, 15) is 4.79 Å². The SMILES string of the molecule is Cc1nc([C@H](CCOC(C)(C)COC(C)(C)CCC(=O)O)N[C@H](Cl)C(C)C)n[nH]1. The van der Waals surface area contributed by atoms with E-state index in [1.165, 1.54) is 0 Å². The number of aromatic nitrogens is 3. The molecule has 0 radical (unpaired) electrons. The van der Waals surface area contributed by atoms with E-state index < -0.39 is 17.2 Å². The van der Waals surface area contributed by atoms with E-state index in [0.29, 0.717) is 31.9 Å². The van der Waals surface area contributed by atoms with Gasteiger partial charge in [-0.15, -0.1) is 11.6 Å². The van der Waals surface area contributed by atoms with Crippen LogP contribution in [0.2, 0.25) is 0 Å². The summed E-state index contributed by atoms with van der Waals surface area (Å²) in [6, 6.07) is -0.131. The zero-order valence-electron chi connectivity index (χ0n) is 18.7. The third-order valence-corrected chi connectivity index (χ3v) is 5.15. The highest BCUT2D eigenvalue weighted by atomic mass is 35.5. The van der Waals surface area contributed by atoms with Crippen molar-refractivity contribution in [3.05, 3.63) is 11.6 Å². The molecule has 0 aromatic carbocycles. The van der Waals surface area contributed by atoms with Crippen LogP contribution in [-0.2, 0) is 14.3 Å². The van der Waals surface area contributed by atoms with Gasteiger partial charge in [0.05, 0.1) is 29.4 Å². The summed E-state index contributed by atoms with van der Waals surface area (Å²) in [6.07, 6.45) is 1.17. The molecule has 0 unspecified atom stereocenters. The summed E-state index contributed by atoms with van der Waals surface area (Å²) in [4.78, 5) is 15.2. The lowest BCUT2D eigenvalue weighted by Crippen LogP contribution is -2.38. The zero-order valence-corrected chi connectivity index (χ0v) is 19.5. The molecular formula is C20H37ClN4O4. The van der Waals surface area contributed by atoms with Gasteiger partial charge in [-0.05, 0) is 53.4 Å². The fourth-order valence-electron chi connectivity index (χ4n) is 2.53. The van der Waals surface area contributed by atoms with E-state index in [-0.39, 0.29) is 23.9 Å². The van der Waals surface area contributed by atoms with Crippen molar-refractivity contribution >= 4 is 17.6 Å². The Morgan fingerprint density at radius 1 is 1.24 bits per heavy atom. The van der Waals surface area contributed by atoms with E-state index in [2.05, 4.69) is 20.5 Å². The smallest absolute Gasteiger partial charge is 0.303 e. The average Bonchev–Trinajstić information content (AvgIpc) is 3.04. The van der Waals surface area contributed by atoms with Crippen molar-refractivity contribution in [2.75, 3.05) is 13.2 Å². The van der Waals surface area contributed by atoms with Crippen LogP contribution in [-0.4, -0.2) is 56.2 Å². The molecule has 8 nitrogen and oxygen atoms in total. The minimum Gasteiger partial charge on any atom is -0.481 e. The van der Waals surface area contributed by atoms with E-state index in [1.54, 1.807) is 0 Å². The molecule has 1 aromatic heterocycles. The van der Waals surface area contributed by atoms with Crippen LogP contribution in [0.3, 0.4) is 0 Å². The number of carbonyl (C=O) groups is 1. The highest BCUT2D eigenvalue weighted by molar-refractivity contribution is 6.20. The number of aliphatic carboxylic acids is 1. The minimum absolute atomic E-state index is 0.0765. The number of nitrogens with one attached hydrogen (secondary N) is 2. The predicted molar refractivity (Wildman–Crippen MR) is 113 cm³/mol. The molecule has 1 aromatic rings. The van der Waals surface area contributed by atoms with Gasteiger partial charge >= 0.3 is 5.97 Å². The fourth-order valence-corrected chi connectivity index (χ4v) is 2.68. The Morgan fingerprint density at radius 2 is 1.90 bits per heavy atom. The molecule has 0 bridgehead atoms. The molecule has 1 rings (SSSR count). The first-order valence-electron chi connectivity index (χ1n) is 10.1. The normalized spacial score (nSPS) is 14.9. The van der Waals surface area contributed by atoms with Gasteiger partial charge in [0.15, 0.2) is 5.82 Å². The number of aryl methyl sites for hydroxylation is 1. The maximum atomic E-state index is 10.8. The van der Waals surface area contributed by atoms with Gasteiger partial charge in [-0.1, -0.05) is 13.8 Å². The van der Waals surface area contributed by atoms with Crippen LogP contribution in [0, 0.1) is 12.8 Å². The summed E-state index contributed by atoms with van der Waals surface area (Å²) in [5, 5.41) is 19.4. The topological polar surface area (TPSA) is 109 Å². The van der Waals surface area contributed by atoms with Gasteiger partial charge in [-0.2, -0.15) is 5.10 Å². The number of alkyl halides is 1. The summed E-state index contributed by atoms with van der Waals surface area (Å²) < 4.78 is 12.0. The molecule has 3 N–H and O–H groups in total. The van der Waals surface area contributed by atoms with Crippen LogP contribution >= 0.6 is 11.6 Å². The molecule has 9 heteroatoms. The van der Waals surface area contributed by atoms with Gasteiger partial charge in [0.1, 0.15) is 5.82 Å². The predicted octanol–water partition coefficient (Wildman–Crippen LogP) is 3.81. The van der Waals surface area contributed by atoms with E-state index in [4.69, 9.17) is 26.2 Å². The van der Waals surface area contributed by atoms with Crippen molar-refractivity contribution in [1.82, 2.24) is 20.5 Å². The van der Waals surface area contributed by atoms with Crippen molar-refractivity contribution in [1.29, 1.82) is 0 Å². The molecule has 0 fully saturated rings. The summed E-state index contributed by atoms with van der Waals surface area (Å²) in [5.74, 6) is 0.858. The first kappa shape index (κ1) is 25.8. The van der Waals surface area contributed by atoms with Crippen LogP contribution < -0.4 is 5.32 Å². The Morgan fingerprint density at radius 3 is 2.41 bits per heavy atom. The molecule has 0 aliphatic heterocycles. The highest BCUT2D eigenvalue weighted by Gasteiger charge is 2.27. The molecule has 0 saturated carbocycles. The number of nitrogens with zero attached hydrogens (tertiary/aromatic N) is 2. The number of rotatable bonds is 14. The number of aromatic amines is 1. The standard InChI is InChI=1S/C20H37ClN4O4/c1-13(2)17(21)23-15(18-22-14(3)24-25-18)9-11-28-20(6,7)12-29-19(4,5)10-8-16(26)27/h13,15,17,23H,8-12H2,1-7H3,(H,26,27)(H,22,24,25)/t15-,17-/m0/s1. The van der Waals surface area contributed by atoms with E-state index >= 15 is 0 Å². The molecule has 0 saturated heterocycles. The lowest BCUT2D eigenvalue weighted by Gasteiger charge is -2.32. The van der Waals surface area contributed by atoms with Gasteiger partial charge in [0.25, 0.3) is 0 Å². The van der Waals surface area contributed by atoms with Gasteiger partial charge in [-0.25, -0.2) is 4.98 Å². The van der Waals surface area contributed by atoms with Crippen LogP contribution in [0.5, 0.6) is 0 Å². The van der Waals surface area contributed by atoms with Crippen molar-refractivity contribution in [2.45, 2.75) is 90.5 Å². The summed E-state index contributed by atoms with van der Waals surface area (Å²) in [5.41, 5.74) is -1.24. The lowest BCUT2D eigenvalue weighted by atomic mass is 10.0. The van der Waals surface area contributed by atoms with Crippen molar-refractivity contribution in [3.8, 4) is 0 Å². The van der Waals surface area contributed by atoms with Gasteiger partial charge < -0.3 is 14.6 Å². The van der Waals surface area contributed by atoms with Gasteiger partial charge in [0, 0.05) is 13.0 Å². The Bertz CT molecular complexity index is 634. The number of halogens is 1. The fraction of sp³-hybridized carbons (Fsp3) is 0.850. The Labute approximate surface area is 179 Å². The summed E-state index contributed by atoms with van der Waals surface area (Å²) in [6.45, 7) is 14.5. The first-order chi connectivity index (χ1) is 13.3. The largest absolute Gasteiger partial charge is 0.481 e. The van der Waals surface area contributed by atoms with E-state index in [0.717, 1.165) is 5.82 Å². The Hall–Kier alpha value is -1.22. The van der Waals surface area contributed by atoms with Crippen molar-refractivity contribution in [2.24, 2.45) is 5.92 Å². The Balaban J connectivity index is 2.57. The molecule has 0 aliphatic rings. The number of hydrogen-bond donors (Lipinski definition) is 3. The van der Waals surface area contributed by atoms with Crippen LogP contribution in [0.4, 0.5) is 0 Å². The zero-order chi connectivity index (χ0) is 22.2. The number of hydrogen-bond acceptors (Lipinski definition) is 6. The number of ether oxygens (including phenoxy) is 2. The molecular weight excluding hydrogens is 396 g/mol. The maximum absolute atomic E-state index is 10.8. The summed E-state index contributed by atoms with van der Waals surface area (Å²) in [7, 11) is 0. The van der Waals surface area contributed by atoms with Crippen LogP contribution in [0.15, 0.2) is 0 Å². The molecule has 0 amide bonds. The van der Waals surface area contributed by atoms with Gasteiger partial charge in [-0.3, -0.25) is 15.2 Å². The van der Waals surface area contributed by atoms with Crippen LogP contribution in [0.1, 0.15) is 78.5 Å². The number of H-pyrrole nitrogens is 1. The third-order valence-electron chi connectivity index (χ3n) is 4.52. The second-order valence-corrected chi connectivity index (χ2v) is 9.45. The molecule has 0 aliphatic carbocycles. The second kappa shape index (κ2) is 11.2. The summed E-state index contributed by atoms with van der Waals surface area (Å²) >= 11 is 6.41. The first-order valence-corrected chi connectivity index (χ1v) is 10.5. The monoisotopic (exact) mass is 432 g/mol. The average molecular weight is 433 g/mol. The molecule has 29 heavy (non-hydrogen) atoms. The molecule has 2 atom stereocenters. The van der Waals surface area contributed by atoms with E-state index in [1.807, 2.05) is 48.5 Å². The van der Waals surface area contributed by atoms with Crippen LogP contribution in [0.25, 0.3) is 0 Å². The quantitative estimate of drug-likeness (QED) is 0.303. The molecule has 0 spiro atoms. The van der Waals surface area contributed by atoms with Crippen molar-refractivity contribution in [3.63, 3.8) is 0 Å². The maximum Gasteiger partial charge on any atom is 0.303 e. The molecule has 168 valence electrons. The van der Waals surface area contributed by atoms with Gasteiger partial charge in [0.2, 0.25) is 0 Å².